The number of hydrogen-bond acceptors (Lipinski definition) is 6. The first-order valence-corrected chi connectivity index (χ1v) is 6.93. The summed E-state index contributed by atoms with van der Waals surface area (Å²) < 4.78 is 0. The lowest BCUT2D eigenvalue weighted by molar-refractivity contribution is -0.385. The van der Waals surface area contributed by atoms with Crippen molar-refractivity contribution in [3.63, 3.8) is 0 Å². The number of β-amino-alcohol motifs (C(OH)–C–C–N with tert-alkyl or cyclic N) is 1. The van der Waals surface area contributed by atoms with Crippen LogP contribution in [-0.2, 0) is 6.42 Å². The minimum Gasteiger partial charge on any atom is -0.391 e. The fourth-order valence-electron chi connectivity index (χ4n) is 2.39. The van der Waals surface area contributed by atoms with Crippen LogP contribution in [0.2, 0.25) is 0 Å². The Hall–Kier alpha value is -1.71. The molecule has 2 atom stereocenters. The number of nitro groups is 1. The summed E-state index contributed by atoms with van der Waals surface area (Å²) in [5.41, 5.74) is -0.112. The van der Waals surface area contributed by atoms with Crippen LogP contribution >= 0.6 is 12.4 Å². The molecule has 9 nitrogen and oxygen atoms in total. The maximum atomic E-state index is 12.1. The number of aliphatic hydroxyl groups is 1. The molecule has 0 bridgehead atoms. The summed E-state index contributed by atoms with van der Waals surface area (Å²) in [6, 6.07) is 0. The van der Waals surface area contributed by atoms with Gasteiger partial charge in [0.05, 0.1) is 11.0 Å². The molecule has 0 saturated carbocycles. The Kier molecular flexibility index (Phi) is 6.72. The zero-order valence-electron chi connectivity index (χ0n) is 12.2. The Morgan fingerprint density at radius 2 is 2.27 bits per heavy atom. The van der Waals surface area contributed by atoms with Crippen LogP contribution in [0.3, 0.4) is 0 Å². The van der Waals surface area contributed by atoms with Crippen molar-refractivity contribution in [2.24, 2.45) is 5.92 Å². The van der Waals surface area contributed by atoms with Crippen LogP contribution in [0, 0.1) is 16.0 Å². The van der Waals surface area contributed by atoms with Crippen molar-refractivity contribution in [2.45, 2.75) is 25.9 Å². The number of aromatic nitrogens is 2. The van der Waals surface area contributed by atoms with Crippen LogP contribution in [0.25, 0.3) is 0 Å². The van der Waals surface area contributed by atoms with Gasteiger partial charge in [0.2, 0.25) is 5.69 Å². The average molecular weight is 334 g/mol. The highest BCUT2D eigenvalue weighted by atomic mass is 35.5. The number of hydrogen-bond donors (Lipinski definition) is 4. The Morgan fingerprint density at radius 1 is 1.55 bits per heavy atom. The van der Waals surface area contributed by atoms with Gasteiger partial charge in [-0.2, -0.15) is 5.10 Å². The molecule has 0 radical (unpaired) electrons. The van der Waals surface area contributed by atoms with E-state index in [1.165, 1.54) is 0 Å². The molecule has 1 aliphatic heterocycles. The third kappa shape index (κ3) is 3.93. The first-order valence-electron chi connectivity index (χ1n) is 6.93. The number of amides is 1. The summed E-state index contributed by atoms with van der Waals surface area (Å²) in [4.78, 5) is 22.6. The lowest BCUT2D eigenvalue weighted by Gasteiger charge is -2.13. The topological polar surface area (TPSA) is 133 Å². The predicted molar refractivity (Wildman–Crippen MR) is 81.2 cm³/mol. The molecule has 1 aromatic heterocycles. The molecule has 0 spiro atoms. The molecule has 2 heterocycles. The Labute approximate surface area is 133 Å². The van der Waals surface area contributed by atoms with E-state index in [1.54, 1.807) is 0 Å². The lowest BCUT2D eigenvalue weighted by atomic mass is 10.1. The predicted octanol–water partition coefficient (Wildman–Crippen LogP) is 0.00230. The van der Waals surface area contributed by atoms with Crippen molar-refractivity contribution in [3.05, 3.63) is 21.5 Å². The third-order valence-corrected chi connectivity index (χ3v) is 3.54. The minimum absolute atomic E-state index is 0. The molecule has 4 N–H and O–H groups in total. The van der Waals surface area contributed by atoms with Gasteiger partial charge >= 0.3 is 5.69 Å². The first kappa shape index (κ1) is 18.3. The lowest BCUT2D eigenvalue weighted by Crippen LogP contribution is -2.34. The van der Waals surface area contributed by atoms with Gasteiger partial charge in [0, 0.05) is 25.6 Å². The van der Waals surface area contributed by atoms with Crippen LogP contribution in [0.15, 0.2) is 0 Å². The molecule has 1 aliphatic rings. The molecule has 2 rings (SSSR count). The summed E-state index contributed by atoms with van der Waals surface area (Å²) in [7, 11) is 0. The normalized spacial score (nSPS) is 20.5. The maximum Gasteiger partial charge on any atom is 0.322 e. The zero-order valence-corrected chi connectivity index (χ0v) is 13.0. The van der Waals surface area contributed by atoms with Crippen LogP contribution in [-0.4, -0.2) is 51.9 Å². The van der Waals surface area contributed by atoms with Crippen molar-refractivity contribution in [1.29, 1.82) is 0 Å². The number of rotatable bonds is 6. The summed E-state index contributed by atoms with van der Waals surface area (Å²) in [5, 5.41) is 32.7. The second-order valence-corrected chi connectivity index (χ2v) is 5.10. The Bertz CT molecular complexity index is 536. The number of halogens is 1. The van der Waals surface area contributed by atoms with Gasteiger partial charge in [0.1, 0.15) is 5.69 Å². The monoisotopic (exact) mass is 333 g/mol. The van der Waals surface area contributed by atoms with Crippen molar-refractivity contribution in [3.8, 4) is 0 Å². The molecule has 10 heteroatoms. The van der Waals surface area contributed by atoms with Gasteiger partial charge in [0.25, 0.3) is 5.91 Å². The number of aromatic amines is 1. The van der Waals surface area contributed by atoms with Crippen LogP contribution in [0.1, 0.15) is 29.5 Å². The number of carbonyl (C=O) groups excluding carboxylic acids is 1. The largest absolute Gasteiger partial charge is 0.391 e. The number of nitrogens with one attached hydrogen (secondary N) is 3. The minimum atomic E-state index is -0.598. The zero-order chi connectivity index (χ0) is 15.4. The molecule has 1 amide bonds. The van der Waals surface area contributed by atoms with E-state index in [2.05, 4.69) is 20.8 Å². The quantitative estimate of drug-likeness (QED) is 0.428. The highest BCUT2D eigenvalue weighted by molar-refractivity contribution is 5.96. The van der Waals surface area contributed by atoms with Crippen LogP contribution in [0.4, 0.5) is 5.69 Å². The van der Waals surface area contributed by atoms with E-state index in [1.807, 2.05) is 6.92 Å². The fourth-order valence-corrected chi connectivity index (χ4v) is 2.39. The van der Waals surface area contributed by atoms with Gasteiger partial charge in [-0.15, -0.1) is 12.4 Å². The van der Waals surface area contributed by atoms with E-state index < -0.39 is 16.9 Å². The number of carbonyl (C=O) groups is 1. The van der Waals surface area contributed by atoms with E-state index >= 15 is 0 Å². The maximum absolute atomic E-state index is 12.1. The number of aliphatic hydroxyl groups excluding tert-OH is 1. The van der Waals surface area contributed by atoms with Gasteiger partial charge in [-0.25, -0.2) is 0 Å². The van der Waals surface area contributed by atoms with Gasteiger partial charge in [0.15, 0.2) is 0 Å². The van der Waals surface area contributed by atoms with E-state index in [-0.39, 0.29) is 36.3 Å². The molecule has 0 aromatic carbocycles. The number of H-pyrrole nitrogens is 1. The molecule has 1 fully saturated rings. The number of aryl methyl sites for hydroxylation is 1. The number of nitrogens with zero attached hydrogens (tertiary/aromatic N) is 2. The van der Waals surface area contributed by atoms with Crippen molar-refractivity contribution in [2.75, 3.05) is 19.6 Å². The Morgan fingerprint density at radius 3 is 2.82 bits per heavy atom. The summed E-state index contributed by atoms with van der Waals surface area (Å²) in [6.45, 7) is 3.23. The van der Waals surface area contributed by atoms with Crippen molar-refractivity contribution < 1.29 is 14.8 Å². The smallest absolute Gasteiger partial charge is 0.322 e. The van der Waals surface area contributed by atoms with Crippen LogP contribution in [0.5, 0.6) is 0 Å². The highest BCUT2D eigenvalue weighted by Crippen LogP contribution is 2.22. The molecule has 1 saturated heterocycles. The standard InChI is InChI=1S/C12H19N5O4.ClH/c1-2-3-8-11(17(20)21)10(16-15-8)12(19)14-5-7-4-13-6-9(7)18;/h7,9,13,18H,2-6H2,1H3,(H,14,19)(H,15,16);1H. The highest BCUT2D eigenvalue weighted by Gasteiger charge is 2.30. The van der Waals surface area contributed by atoms with Crippen molar-refractivity contribution in [1.82, 2.24) is 20.8 Å². The van der Waals surface area contributed by atoms with Gasteiger partial charge < -0.3 is 15.7 Å². The fraction of sp³-hybridized carbons (Fsp3) is 0.667. The van der Waals surface area contributed by atoms with E-state index in [4.69, 9.17) is 0 Å². The summed E-state index contributed by atoms with van der Waals surface area (Å²) in [5.74, 6) is -0.693. The third-order valence-electron chi connectivity index (χ3n) is 3.54. The van der Waals surface area contributed by atoms with Gasteiger partial charge in [-0.05, 0) is 6.42 Å². The molecular weight excluding hydrogens is 314 g/mol. The van der Waals surface area contributed by atoms with E-state index in [0.29, 0.717) is 31.6 Å². The first-order chi connectivity index (χ1) is 10.0. The molecule has 1 aromatic rings. The van der Waals surface area contributed by atoms with Gasteiger partial charge in [-0.1, -0.05) is 13.3 Å². The second kappa shape index (κ2) is 8.06. The average Bonchev–Trinajstić information content (AvgIpc) is 3.03. The molecule has 2 unspecified atom stereocenters. The van der Waals surface area contributed by atoms with Gasteiger partial charge in [-0.3, -0.25) is 20.0 Å². The van der Waals surface area contributed by atoms with Crippen molar-refractivity contribution >= 4 is 24.0 Å². The summed E-state index contributed by atoms with van der Waals surface area (Å²) in [6.07, 6.45) is 0.654. The van der Waals surface area contributed by atoms with E-state index in [9.17, 15) is 20.0 Å². The summed E-state index contributed by atoms with van der Waals surface area (Å²) >= 11 is 0. The Balaban J connectivity index is 0.00000242. The molecule has 22 heavy (non-hydrogen) atoms. The molecule has 124 valence electrons. The van der Waals surface area contributed by atoms with Crippen LogP contribution < -0.4 is 10.6 Å². The SMILES string of the molecule is CCCc1[nH]nc(C(=O)NCC2CNCC2O)c1[N+](=O)[O-].Cl. The second-order valence-electron chi connectivity index (χ2n) is 5.10. The molecular formula is C12H20ClN5O4. The molecule has 0 aliphatic carbocycles. The van der Waals surface area contributed by atoms with E-state index in [0.717, 1.165) is 0 Å².